The molecule has 0 spiro atoms. The van der Waals surface area contributed by atoms with Crippen molar-refractivity contribution in [1.82, 2.24) is 0 Å². The van der Waals surface area contributed by atoms with Crippen molar-refractivity contribution in [3.05, 3.63) is 60.2 Å². The summed E-state index contributed by atoms with van der Waals surface area (Å²) in [6.07, 6.45) is -0.139. The van der Waals surface area contributed by atoms with Crippen molar-refractivity contribution in [1.29, 1.82) is 0 Å². The van der Waals surface area contributed by atoms with Gasteiger partial charge in [0, 0.05) is 4.90 Å². The van der Waals surface area contributed by atoms with Crippen LogP contribution in [0.2, 0.25) is 0 Å². The predicted molar refractivity (Wildman–Crippen MR) is 92.9 cm³/mol. The Morgan fingerprint density at radius 3 is 2.52 bits per heavy atom. The molecule has 0 unspecified atom stereocenters. The molecule has 0 radical (unpaired) electrons. The summed E-state index contributed by atoms with van der Waals surface area (Å²) in [5.74, 6) is 0.482. The number of methoxy groups -OCH3 is 1. The summed E-state index contributed by atoms with van der Waals surface area (Å²) in [4.78, 5) is 13.1. The van der Waals surface area contributed by atoms with Crippen molar-refractivity contribution in [2.24, 2.45) is 0 Å². The van der Waals surface area contributed by atoms with E-state index in [9.17, 15) is 4.79 Å². The normalized spacial score (nSPS) is 26.8. The van der Waals surface area contributed by atoms with Gasteiger partial charge in [-0.3, -0.25) is 0 Å². The highest BCUT2D eigenvalue weighted by atomic mass is 32.2. The first-order chi connectivity index (χ1) is 12.2. The molecule has 0 N–H and O–H groups in total. The second kappa shape index (κ2) is 7.07. The summed E-state index contributed by atoms with van der Waals surface area (Å²) < 4.78 is 22.2. The van der Waals surface area contributed by atoms with Gasteiger partial charge in [-0.15, -0.1) is 0 Å². The Morgan fingerprint density at radius 1 is 1.04 bits per heavy atom. The number of ether oxygens (including phenoxy) is 4. The van der Waals surface area contributed by atoms with Gasteiger partial charge in [0.15, 0.2) is 0 Å². The molecule has 0 amide bonds. The fraction of sp³-hybridized carbons (Fsp3) is 0.316. The molecule has 6 heteroatoms. The second-order valence-electron chi connectivity index (χ2n) is 5.87. The third-order valence-electron chi connectivity index (χ3n) is 4.20. The zero-order valence-electron chi connectivity index (χ0n) is 13.7. The van der Waals surface area contributed by atoms with Gasteiger partial charge in [0.1, 0.15) is 36.1 Å². The second-order valence-corrected chi connectivity index (χ2v) is 7.04. The number of hydrogen-bond acceptors (Lipinski definition) is 6. The van der Waals surface area contributed by atoms with Crippen LogP contribution in [0.3, 0.4) is 0 Å². The Bertz CT molecular complexity index is 733. The molecule has 2 aromatic rings. The van der Waals surface area contributed by atoms with E-state index in [-0.39, 0.29) is 36.3 Å². The van der Waals surface area contributed by atoms with E-state index in [1.165, 1.54) is 0 Å². The molecule has 0 saturated carbocycles. The summed E-state index contributed by atoms with van der Waals surface area (Å²) in [5.41, 5.74) is 0.455. The van der Waals surface area contributed by atoms with Gasteiger partial charge in [0.2, 0.25) is 0 Å². The lowest BCUT2D eigenvalue weighted by Gasteiger charge is -2.17. The van der Waals surface area contributed by atoms with Crippen molar-refractivity contribution in [3.8, 4) is 5.75 Å². The minimum atomic E-state index is -0.340. The first-order valence-corrected chi connectivity index (χ1v) is 8.96. The van der Waals surface area contributed by atoms with Gasteiger partial charge in [-0.2, -0.15) is 0 Å². The summed E-state index contributed by atoms with van der Waals surface area (Å²) in [5, 5.41) is 0. The Morgan fingerprint density at radius 2 is 1.80 bits per heavy atom. The maximum atomic E-state index is 12.0. The van der Waals surface area contributed by atoms with Crippen LogP contribution < -0.4 is 4.74 Å². The van der Waals surface area contributed by atoms with Crippen molar-refractivity contribution in [2.75, 3.05) is 13.7 Å². The number of benzene rings is 2. The Labute approximate surface area is 150 Å². The quantitative estimate of drug-likeness (QED) is 0.584. The van der Waals surface area contributed by atoms with Gasteiger partial charge >= 0.3 is 5.97 Å². The Hall–Kier alpha value is -2.02. The minimum Gasteiger partial charge on any atom is -0.497 e. The van der Waals surface area contributed by atoms with Crippen LogP contribution in [0.5, 0.6) is 5.75 Å². The van der Waals surface area contributed by atoms with E-state index in [2.05, 4.69) is 0 Å². The molecule has 2 saturated heterocycles. The number of esters is 1. The van der Waals surface area contributed by atoms with E-state index in [0.717, 1.165) is 10.6 Å². The molecule has 2 aliphatic rings. The fourth-order valence-corrected chi connectivity index (χ4v) is 3.93. The smallest absolute Gasteiger partial charge is 0.338 e. The Balaban J connectivity index is 1.30. The lowest BCUT2D eigenvalue weighted by atomic mass is 10.2. The lowest BCUT2D eigenvalue weighted by molar-refractivity contribution is -0.0290. The van der Waals surface area contributed by atoms with E-state index in [4.69, 9.17) is 18.9 Å². The molecule has 0 bridgehead atoms. The molecule has 4 rings (SSSR count). The zero-order valence-corrected chi connectivity index (χ0v) is 14.5. The predicted octanol–water partition coefficient (Wildman–Crippen LogP) is 3.14. The molecule has 2 fully saturated rings. The van der Waals surface area contributed by atoms with Crippen LogP contribution in [-0.2, 0) is 14.2 Å². The molecular weight excluding hydrogens is 340 g/mol. The van der Waals surface area contributed by atoms with Crippen LogP contribution in [0.25, 0.3) is 0 Å². The van der Waals surface area contributed by atoms with Gasteiger partial charge < -0.3 is 18.9 Å². The van der Waals surface area contributed by atoms with Crippen molar-refractivity contribution >= 4 is 17.7 Å². The highest BCUT2D eigenvalue weighted by Crippen LogP contribution is 2.46. The first kappa shape index (κ1) is 16.4. The van der Waals surface area contributed by atoms with E-state index in [1.807, 2.05) is 42.5 Å². The van der Waals surface area contributed by atoms with E-state index in [0.29, 0.717) is 5.56 Å². The molecule has 2 heterocycles. The molecule has 0 aliphatic carbocycles. The Kier molecular flexibility index (Phi) is 4.65. The molecule has 5 nitrogen and oxygen atoms in total. The lowest BCUT2D eigenvalue weighted by Crippen LogP contribution is -2.25. The molecule has 25 heavy (non-hydrogen) atoms. The van der Waals surface area contributed by atoms with Crippen LogP contribution in [0.15, 0.2) is 59.5 Å². The molecule has 130 valence electrons. The van der Waals surface area contributed by atoms with Crippen molar-refractivity contribution < 1.29 is 23.7 Å². The van der Waals surface area contributed by atoms with Crippen LogP contribution in [-0.4, -0.2) is 43.4 Å². The van der Waals surface area contributed by atoms with Gasteiger partial charge in [-0.25, -0.2) is 4.79 Å². The molecule has 0 aromatic heterocycles. The third kappa shape index (κ3) is 3.66. The number of fused-ring (bicyclic) bond motifs is 1. The van der Waals surface area contributed by atoms with Gasteiger partial charge in [-0.05, 0) is 36.4 Å². The van der Waals surface area contributed by atoms with Crippen LogP contribution in [0.4, 0.5) is 0 Å². The summed E-state index contributed by atoms with van der Waals surface area (Å²) in [6, 6.07) is 16.8. The van der Waals surface area contributed by atoms with Crippen molar-refractivity contribution in [2.45, 2.75) is 28.6 Å². The number of thioether (sulfide) groups is 1. The topological polar surface area (TPSA) is 57.3 Å². The van der Waals surface area contributed by atoms with Gasteiger partial charge in [0.05, 0.1) is 12.7 Å². The standard InChI is InChI=1S/C19H18O5S/c1-21-13-7-9-14(10-8-13)25-19-17-16(24-17)15(23-19)11-22-18(20)12-5-3-2-4-6-12/h2-10,15-17,19H,11H2,1H3/t15-,16+,17+,19-/m1/s1. The number of carbonyl (C=O) groups is 1. The average Bonchev–Trinajstić information content (AvgIpc) is 3.39. The highest BCUT2D eigenvalue weighted by Gasteiger charge is 2.58. The van der Waals surface area contributed by atoms with E-state index >= 15 is 0 Å². The summed E-state index contributed by atoms with van der Waals surface area (Å²) in [6.45, 7) is 0.203. The average molecular weight is 358 g/mol. The van der Waals surface area contributed by atoms with Crippen molar-refractivity contribution in [3.63, 3.8) is 0 Å². The van der Waals surface area contributed by atoms with Gasteiger partial charge in [0.25, 0.3) is 0 Å². The monoisotopic (exact) mass is 358 g/mol. The summed E-state index contributed by atoms with van der Waals surface area (Å²) in [7, 11) is 1.65. The van der Waals surface area contributed by atoms with E-state index in [1.54, 1.807) is 31.0 Å². The largest absolute Gasteiger partial charge is 0.497 e. The van der Waals surface area contributed by atoms with Crippen LogP contribution >= 0.6 is 11.8 Å². The van der Waals surface area contributed by atoms with Crippen LogP contribution in [0, 0.1) is 0 Å². The summed E-state index contributed by atoms with van der Waals surface area (Å²) >= 11 is 1.61. The number of rotatable bonds is 6. The number of epoxide rings is 1. The third-order valence-corrected chi connectivity index (χ3v) is 5.36. The molecular formula is C19H18O5S. The highest BCUT2D eigenvalue weighted by molar-refractivity contribution is 7.99. The maximum absolute atomic E-state index is 12.0. The van der Waals surface area contributed by atoms with Crippen LogP contribution in [0.1, 0.15) is 10.4 Å². The minimum absolute atomic E-state index is 0.0133. The zero-order chi connectivity index (χ0) is 17.2. The SMILES string of the molecule is COc1ccc(S[C@H]2O[C@H](COC(=O)c3ccccc3)[C@@H]3O[C@@H]32)cc1. The van der Waals surface area contributed by atoms with Gasteiger partial charge in [-0.1, -0.05) is 30.0 Å². The molecule has 4 atom stereocenters. The first-order valence-electron chi connectivity index (χ1n) is 8.08. The number of hydrogen-bond donors (Lipinski definition) is 0. The number of carbonyl (C=O) groups excluding carboxylic acids is 1. The fourth-order valence-electron chi connectivity index (χ4n) is 2.81. The maximum Gasteiger partial charge on any atom is 0.338 e. The van der Waals surface area contributed by atoms with E-state index < -0.39 is 0 Å². The molecule has 2 aliphatic heterocycles. The molecule has 2 aromatic carbocycles.